The zero-order valence-electron chi connectivity index (χ0n) is 20.8. The molecule has 3 unspecified atom stereocenters. The number of benzene rings is 2. The van der Waals surface area contributed by atoms with Gasteiger partial charge in [0.15, 0.2) is 0 Å². The van der Waals surface area contributed by atoms with Crippen LogP contribution in [0.3, 0.4) is 0 Å². The molecule has 3 atom stereocenters. The van der Waals surface area contributed by atoms with Gasteiger partial charge in [0.25, 0.3) is 0 Å². The summed E-state index contributed by atoms with van der Waals surface area (Å²) >= 11 is 1.67. The maximum atomic E-state index is 13.0. The summed E-state index contributed by atoms with van der Waals surface area (Å²) in [4.78, 5) is 26.0. The second-order valence-corrected chi connectivity index (χ2v) is 10.1. The van der Waals surface area contributed by atoms with E-state index >= 15 is 0 Å². The number of fused-ring (bicyclic) bond motifs is 1. The van der Waals surface area contributed by atoms with Gasteiger partial charge in [-0.3, -0.25) is 4.79 Å². The minimum absolute atomic E-state index is 0.241. The van der Waals surface area contributed by atoms with Crippen LogP contribution >= 0.6 is 11.3 Å². The van der Waals surface area contributed by atoms with E-state index in [9.17, 15) is 14.7 Å². The Morgan fingerprint density at radius 3 is 2.73 bits per heavy atom. The van der Waals surface area contributed by atoms with Crippen molar-refractivity contribution in [2.24, 2.45) is 5.92 Å². The molecule has 3 aromatic rings. The molecular formula is C28H33N3O5S. The first-order chi connectivity index (χ1) is 18.0. The summed E-state index contributed by atoms with van der Waals surface area (Å²) in [5.74, 6) is -0.609. The van der Waals surface area contributed by atoms with Crippen molar-refractivity contribution in [3.63, 3.8) is 0 Å². The minimum Gasteiger partial charge on any atom is -0.481 e. The van der Waals surface area contributed by atoms with Crippen molar-refractivity contribution in [1.29, 1.82) is 0 Å². The predicted octanol–water partition coefficient (Wildman–Crippen LogP) is 6.07. The first-order valence-electron chi connectivity index (χ1n) is 12.5. The van der Waals surface area contributed by atoms with Gasteiger partial charge in [0.05, 0.1) is 13.0 Å². The number of carbonyl (C=O) groups is 2. The lowest BCUT2D eigenvalue weighted by molar-refractivity contribution is -0.153. The van der Waals surface area contributed by atoms with E-state index in [1.807, 2.05) is 53.9 Å². The van der Waals surface area contributed by atoms with Crippen molar-refractivity contribution in [2.45, 2.75) is 58.1 Å². The summed E-state index contributed by atoms with van der Waals surface area (Å²) in [5, 5.41) is 20.7. The fraction of sp³-hybridized carbons (Fsp3) is 0.357. The second-order valence-electron chi connectivity index (χ2n) is 9.03. The van der Waals surface area contributed by atoms with Gasteiger partial charge in [-0.15, -0.1) is 11.3 Å². The second kappa shape index (κ2) is 13.1. The maximum absolute atomic E-state index is 13.0. The highest BCUT2D eigenvalue weighted by molar-refractivity contribution is 7.09. The summed E-state index contributed by atoms with van der Waals surface area (Å²) in [6.07, 6.45) is 1.54. The highest BCUT2D eigenvalue weighted by Crippen LogP contribution is 2.32. The molecule has 0 spiro atoms. The number of amides is 2. The van der Waals surface area contributed by atoms with Crippen LogP contribution in [0.5, 0.6) is 5.75 Å². The van der Waals surface area contributed by atoms with E-state index in [0.717, 1.165) is 29.8 Å². The van der Waals surface area contributed by atoms with Gasteiger partial charge in [0, 0.05) is 40.3 Å². The molecule has 37 heavy (non-hydrogen) atoms. The molecule has 1 aliphatic heterocycles. The zero-order valence-corrected chi connectivity index (χ0v) is 21.6. The smallest absolute Gasteiger partial charge is 0.319 e. The SMILES string of the molecule is CCCCC(C(CC(=O)O)NC(=O)Nc1cccc(NCc2cccs2)c1)C1OCc2ccccc2O1. The number of aliphatic carboxylic acids is 1. The van der Waals surface area contributed by atoms with Gasteiger partial charge in [0.2, 0.25) is 6.29 Å². The number of unbranched alkanes of at least 4 members (excludes halogenated alkanes) is 1. The molecule has 1 aromatic heterocycles. The van der Waals surface area contributed by atoms with E-state index < -0.39 is 24.3 Å². The third-order valence-corrected chi connectivity index (χ3v) is 7.13. The van der Waals surface area contributed by atoms with Crippen LogP contribution in [0.25, 0.3) is 0 Å². The number of hydrogen-bond donors (Lipinski definition) is 4. The molecule has 0 saturated carbocycles. The Labute approximate surface area is 221 Å². The Kier molecular flexibility index (Phi) is 9.40. The first kappa shape index (κ1) is 26.5. The highest BCUT2D eigenvalue weighted by Gasteiger charge is 2.36. The molecule has 8 nitrogen and oxygen atoms in total. The van der Waals surface area contributed by atoms with Gasteiger partial charge >= 0.3 is 12.0 Å². The fourth-order valence-electron chi connectivity index (χ4n) is 4.39. The van der Waals surface area contributed by atoms with Crippen LogP contribution in [0, 0.1) is 5.92 Å². The first-order valence-corrected chi connectivity index (χ1v) is 13.4. The van der Waals surface area contributed by atoms with E-state index in [-0.39, 0.29) is 12.3 Å². The number of urea groups is 1. The molecule has 196 valence electrons. The van der Waals surface area contributed by atoms with Gasteiger partial charge in [-0.05, 0) is 42.1 Å². The summed E-state index contributed by atoms with van der Waals surface area (Å²) in [7, 11) is 0. The number of carboxylic acids is 1. The van der Waals surface area contributed by atoms with Crippen molar-refractivity contribution in [3.05, 3.63) is 76.5 Å². The van der Waals surface area contributed by atoms with Crippen molar-refractivity contribution in [1.82, 2.24) is 5.32 Å². The number of hydrogen-bond acceptors (Lipinski definition) is 6. The average Bonchev–Trinajstić information content (AvgIpc) is 3.41. The Hall–Kier alpha value is -3.56. The number of anilines is 2. The molecule has 4 N–H and O–H groups in total. The van der Waals surface area contributed by atoms with E-state index in [1.54, 1.807) is 17.4 Å². The van der Waals surface area contributed by atoms with Crippen molar-refractivity contribution in [2.75, 3.05) is 10.6 Å². The lowest BCUT2D eigenvalue weighted by atomic mass is 9.90. The van der Waals surface area contributed by atoms with Gasteiger partial charge in [0.1, 0.15) is 5.75 Å². The van der Waals surface area contributed by atoms with Gasteiger partial charge in [-0.2, -0.15) is 0 Å². The normalized spacial score (nSPS) is 16.1. The molecular weight excluding hydrogens is 490 g/mol. The van der Waals surface area contributed by atoms with Crippen LogP contribution in [-0.2, 0) is 22.7 Å². The molecule has 1 aliphatic rings. The standard InChI is InChI=1S/C28H33N3O5S/c1-2-3-12-23(27-35-18-19-8-4-5-13-25(19)36-27)24(16-26(32)33)31-28(34)30-21-10-6-9-20(15-21)29-17-22-11-7-14-37-22/h4-11,13-15,23-24,27,29H,2-3,12,16-18H2,1H3,(H,32,33)(H2,30,31,34). The lowest BCUT2D eigenvalue weighted by Gasteiger charge is -2.36. The van der Waals surface area contributed by atoms with Gasteiger partial charge in [-0.1, -0.05) is 50.1 Å². The zero-order chi connectivity index (χ0) is 26.0. The summed E-state index contributed by atoms with van der Waals surface area (Å²) in [6, 6.07) is 18.0. The van der Waals surface area contributed by atoms with Crippen LogP contribution in [0.1, 0.15) is 43.0 Å². The van der Waals surface area contributed by atoms with E-state index in [0.29, 0.717) is 25.3 Å². The molecule has 9 heteroatoms. The molecule has 0 aliphatic carbocycles. The molecule has 0 bridgehead atoms. The number of carboxylic acid groups (broad SMARTS) is 1. The van der Waals surface area contributed by atoms with Crippen molar-refractivity contribution in [3.8, 4) is 5.75 Å². The monoisotopic (exact) mass is 523 g/mol. The minimum atomic E-state index is -0.997. The molecule has 2 aromatic carbocycles. The molecule has 2 amide bonds. The third-order valence-electron chi connectivity index (χ3n) is 6.25. The maximum Gasteiger partial charge on any atom is 0.319 e. The number of carbonyl (C=O) groups excluding carboxylic acids is 1. The highest BCUT2D eigenvalue weighted by atomic mass is 32.1. The van der Waals surface area contributed by atoms with Crippen LogP contribution in [0.2, 0.25) is 0 Å². The van der Waals surface area contributed by atoms with E-state index in [4.69, 9.17) is 9.47 Å². The number of thiophene rings is 1. The summed E-state index contributed by atoms with van der Waals surface area (Å²) < 4.78 is 12.1. The Balaban J connectivity index is 1.43. The molecule has 0 saturated heterocycles. The molecule has 0 fully saturated rings. The van der Waals surface area contributed by atoms with Gasteiger partial charge in [-0.25, -0.2) is 4.79 Å². The summed E-state index contributed by atoms with van der Waals surface area (Å²) in [6.45, 7) is 3.14. The van der Waals surface area contributed by atoms with Crippen LogP contribution in [0.15, 0.2) is 66.0 Å². The number of para-hydroxylation sites is 1. The number of ether oxygens (including phenoxy) is 2. The van der Waals surface area contributed by atoms with Crippen molar-refractivity contribution >= 4 is 34.7 Å². The predicted molar refractivity (Wildman–Crippen MR) is 145 cm³/mol. The van der Waals surface area contributed by atoms with E-state index in [1.165, 1.54) is 4.88 Å². The van der Waals surface area contributed by atoms with Crippen LogP contribution < -0.4 is 20.7 Å². The lowest BCUT2D eigenvalue weighted by Crippen LogP contribution is -2.50. The topological polar surface area (TPSA) is 109 Å². The van der Waals surface area contributed by atoms with Crippen LogP contribution in [-0.4, -0.2) is 29.4 Å². The largest absolute Gasteiger partial charge is 0.481 e. The Morgan fingerprint density at radius 2 is 1.95 bits per heavy atom. The van der Waals surface area contributed by atoms with Crippen molar-refractivity contribution < 1.29 is 24.2 Å². The quantitative estimate of drug-likeness (QED) is 0.230. The average molecular weight is 524 g/mol. The summed E-state index contributed by atoms with van der Waals surface area (Å²) in [5.41, 5.74) is 2.42. The molecule has 4 rings (SSSR count). The number of rotatable bonds is 12. The van der Waals surface area contributed by atoms with Crippen LogP contribution in [0.4, 0.5) is 16.2 Å². The Morgan fingerprint density at radius 1 is 1.11 bits per heavy atom. The Bertz CT molecular complexity index is 1170. The number of nitrogens with one attached hydrogen (secondary N) is 3. The van der Waals surface area contributed by atoms with Gasteiger partial charge < -0.3 is 30.5 Å². The third kappa shape index (κ3) is 7.71. The molecule has 2 heterocycles. The fourth-order valence-corrected chi connectivity index (χ4v) is 5.03. The van der Waals surface area contributed by atoms with E-state index in [2.05, 4.69) is 28.9 Å². The molecule has 0 radical (unpaired) electrons.